The largest absolute Gasteiger partial charge is 0.461 e. The number of nitrogens with zero attached hydrogens (tertiary/aromatic N) is 1. The molecule has 1 aliphatic heterocycles. The fourth-order valence-corrected chi connectivity index (χ4v) is 3.51. The lowest BCUT2D eigenvalue weighted by Crippen LogP contribution is -2.43. The van der Waals surface area contributed by atoms with Gasteiger partial charge in [-0.1, -0.05) is 0 Å². The highest BCUT2D eigenvalue weighted by atomic mass is 16.3. The van der Waals surface area contributed by atoms with Gasteiger partial charge in [-0.15, -0.1) is 0 Å². The van der Waals surface area contributed by atoms with E-state index in [9.17, 15) is 9.59 Å². The third kappa shape index (κ3) is 2.58. The second kappa shape index (κ2) is 5.65. The van der Waals surface area contributed by atoms with Crippen LogP contribution < -0.4 is 5.32 Å². The normalized spacial score (nSPS) is 20.6. The lowest BCUT2D eigenvalue weighted by Gasteiger charge is -2.24. The fraction of sp³-hybridized carbons (Fsp3) is 0.474. The topological polar surface area (TPSA) is 62.6 Å². The first-order valence-corrected chi connectivity index (χ1v) is 8.65. The monoisotopic (exact) mass is 326 g/mol. The Hall–Kier alpha value is -2.30. The quantitative estimate of drug-likeness (QED) is 0.940. The molecule has 0 spiro atoms. The Balaban J connectivity index is 1.52. The molecular weight excluding hydrogens is 304 g/mol. The molecule has 0 bridgehead atoms. The van der Waals surface area contributed by atoms with Gasteiger partial charge < -0.3 is 14.6 Å². The molecule has 4 rings (SSSR count). The van der Waals surface area contributed by atoms with Crippen molar-refractivity contribution in [3.05, 3.63) is 29.5 Å². The summed E-state index contributed by atoms with van der Waals surface area (Å²) in [7, 11) is 0. The van der Waals surface area contributed by atoms with Crippen molar-refractivity contribution in [3.63, 3.8) is 0 Å². The predicted molar refractivity (Wildman–Crippen MR) is 91.8 cm³/mol. The number of benzene rings is 1. The van der Waals surface area contributed by atoms with Gasteiger partial charge in [-0.05, 0) is 63.3 Å². The molecule has 0 radical (unpaired) electrons. The highest BCUT2D eigenvalue weighted by Gasteiger charge is 2.40. The van der Waals surface area contributed by atoms with Crippen molar-refractivity contribution >= 4 is 28.5 Å². The van der Waals surface area contributed by atoms with Crippen molar-refractivity contribution in [2.45, 2.75) is 45.6 Å². The lowest BCUT2D eigenvalue weighted by molar-refractivity contribution is -0.137. The van der Waals surface area contributed by atoms with E-state index in [1.54, 1.807) is 4.90 Å². The van der Waals surface area contributed by atoms with E-state index in [4.69, 9.17) is 4.42 Å². The Morgan fingerprint density at radius 1 is 1.21 bits per heavy atom. The number of rotatable bonds is 3. The van der Waals surface area contributed by atoms with Gasteiger partial charge in [0, 0.05) is 23.5 Å². The Morgan fingerprint density at radius 2 is 2.00 bits per heavy atom. The zero-order valence-corrected chi connectivity index (χ0v) is 14.1. The summed E-state index contributed by atoms with van der Waals surface area (Å²) in [6, 6.07) is 5.35. The van der Waals surface area contributed by atoms with E-state index in [2.05, 4.69) is 5.32 Å². The molecule has 126 valence electrons. The van der Waals surface area contributed by atoms with Gasteiger partial charge in [-0.2, -0.15) is 0 Å². The van der Waals surface area contributed by atoms with Gasteiger partial charge in [0.15, 0.2) is 0 Å². The summed E-state index contributed by atoms with van der Waals surface area (Å²) in [6.07, 6.45) is 3.59. The maximum atomic E-state index is 12.7. The summed E-state index contributed by atoms with van der Waals surface area (Å²) in [5.41, 5.74) is 2.67. The summed E-state index contributed by atoms with van der Waals surface area (Å²) in [4.78, 5) is 26.8. The van der Waals surface area contributed by atoms with Gasteiger partial charge in [0.25, 0.3) is 0 Å². The molecule has 2 aliphatic rings. The molecule has 2 amide bonds. The average molecular weight is 326 g/mol. The van der Waals surface area contributed by atoms with E-state index in [0.29, 0.717) is 6.54 Å². The molecule has 1 N–H and O–H groups in total. The molecule has 24 heavy (non-hydrogen) atoms. The first-order valence-electron chi connectivity index (χ1n) is 8.65. The highest BCUT2D eigenvalue weighted by Crippen LogP contribution is 2.34. The molecule has 1 saturated heterocycles. The third-order valence-corrected chi connectivity index (χ3v) is 5.21. The van der Waals surface area contributed by atoms with E-state index < -0.39 is 0 Å². The van der Waals surface area contributed by atoms with Gasteiger partial charge in [-0.25, -0.2) is 0 Å². The molecule has 1 atom stereocenters. The van der Waals surface area contributed by atoms with Gasteiger partial charge in [-0.3, -0.25) is 9.59 Å². The number of hydrogen-bond donors (Lipinski definition) is 1. The van der Waals surface area contributed by atoms with Crippen molar-refractivity contribution in [1.82, 2.24) is 4.90 Å². The molecule has 0 unspecified atom stereocenters. The van der Waals surface area contributed by atoms with Crippen LogP contribution in [0.25, 0.3) is 11.0 Å². The molecule has 2 fully saturated rings. The second-order valence-corrected chi connectivity index (χ2v) is 6.95. The number of furan rings is 1. The van der Waals surface area contributed by atoms with E-state index in [-0.39, 0.29) is 23.8 Å². The molecule has 1 aromatic heterocycles. The minimum Gasteiger partial charge on any atom is -0.461 e. The van der Waals surface area contributed by atoms with Crippen molar-refractivity contribution in [2.75, 3.05) is 11.9 Å². The number of fused-ring (bicyclic) bond motifs is 1. The first-order chi connectivity index (χ1) is 11.5. The molecule has 1 aromatic carbocycles. The van der Waals surface area contributed by atoms with Crippen molar-refractivity contribution < 1.29 is 14.0 Å². The smallest absolute Gasteiger partial charge is 0.247 e. The minimum absolute atomic E-state index is 0.0845. The zero-order valence-electron chi connectivity index (χ0n) is 14.1. The number of nitrogens with one attached hydrogen (secondary N) is 1. The summed E-state index contributed by atoms with van der Waals surface area (Å²) in [5.74, 6) is 1.12. The summed E-state index contributed by atoms with van der Waals surface area (Å²) in [6.45, 7) is 4.65. The minimum atomic E-state index is -0.332. The highest BCUT2D eigenvalue weighted by molar-refractivity contribution is 5.99. The van der Waals surface area contributed by atoms with Crippen LogP contribution in [0.2, 0.25) is 0 Å². The van der Waals surface area contributed by atoms with Crippen molar-refractivity contribution in [3.8, 4) is 0 Å². The maximum absolute atomic E-state index is 12.7. The maximum Gasteiger partial charge on any atom is 0.247 e. The van der Waals surface area contributed by atoms with Crippen LogP contribution in [-0.4, -0.2) is 29.3 Å². The van der Waals surface area contributed by atoms with Gasteiger partial charge in [0.05, 0.1) is 0 Å². The second-order valence-electron chi connectivity index (χ2n) is 6.95. The first kappa shape index (κ1) is 15.2. The van der Waals surface area contributed by atoms with Gasteiger partial charge >= 0.3 is 0 Å². The number of hydrogen-bond acceptors (Lipinski definition) is 3. The van der Waals surface area contributed by atoms with Crippen LogP contribution in [0.15, 0.2) is 22.6 Å². The predicted octanol–water partition coefficient (Wildman–Crippen LogP) is 3.39. The Kier molecular flexibility index (Phi) is 3.59. The number of anilines is 1. The van der Waals surface area contributed by atoms with E-state index >= 15 is 0 Å². The van der Waals surface area contributed by atoms with Crippen LogP contribution in [0.1, 0.15) is 37.0 Å². The molecule has 5 heteroatoms. The zero-order chi connectivity index (χ0) is 16.8. The molecule has 2 heterocycles. The number of aryl methyl sites for hydroxylation is 2. The van der Waals surface area contributed by atoms with Crippen LogP contribution in [0.5, 0.6) is 0 Å². The number of likely N-dealkylation sites (tertiary alicyclic amines) is 1. The molecular formula is C19H22N2O3. The SMILES string of the molecule is Cc1oc2ccc(NC(=O)[C@@H]3CCCN3C(=O)C3CC3)cc2c1C. The van der Waals surface area contributed by atoms with Gasteiger partial charge in [0.2, 0.25) is 11.8 Å². The van der Waals surface area contributed by atoms with E-state index in [1.165, 1.54) is 0 Å². The van der Waals surface area contributed by atoms with Crippen molar-refractivity contribution in [2.24, 2.45) is 5.92 Å². The average Bonchev–Trinajstić information content (AvgIpc) is 3.23. The van der Waals surface area contributed by atoms with Crippen LogP contribution in [0.4, 0.5) is 5.69 Å². The molecule has 5 nitrogen and oxygen atoms in total. The van der Waals surface area contributed by atoms with Crippen LogP contribution in [-0.2, 0) is 9.59 Å². The Bertz CT molecular complexity index is 819. The summed E-state index contributed by atoms with van der Waals surface area (Å²) >= 11 is 0. The lowest BCUT2D eigenvalue weighted by atomic mass is 10.1. The number of carbonyl (C=O) groups excluding carboxylic acids is 2. The van der Waals surface area contributed by atoms with E-state index in [1.807, 2.05) is 32.0 Å². The Morgan fingerprint density at radius 3 is 2.75 bits per heavy atom. The number of carbonyl (C=O) groups is 2. The molecule has 2 aromatic rings. The van der Waals surface area contributed by atoms with Gasteiger partial charge in [0.1, 0.15) is 17.4 Å². The third-order valence-electron chi connectivity index (χ3n) is 5.21. The summed E-state index contributed by atoms with van der Waals surface area (Å²) in [5, 5.41) is 4.00. The number of amides is 2. The molecule has 1 aliphatic carbocycles. The summed E-state index contributed by atoms with van der Waals surface area (Å²) < 4.78 is 5.67. The van der Waals surface area contributed by atoms with E-state index in [0.717, 1.165) is 53.7 Å². The van der Waals surface area contributed by atoms with Crippen LogP contribution in [0.3, 0.4) is 0 Å². The van der Waals surface area contributed by atoms with Crippen LogP contribution >= 0.6 is 0 Å². The molecule has 1 saturated carbocycles. The Labute approximate surface area is 141 Å². The van der Waals surface area contributed by atoms with Crippen molar-refractivity contribution in [1.29, 1.82) is 0 Å². The standard InChI is InChI=1S/C19H22N2O3/c1-11-12(2)24-17-8-7-14(10-15(11)17)20-18(22)16-4-3-9-21(16)19(23)13-5-6-13/h7-8,10,13,16H,3-6,9H2,1-2H3,(H,20,22)/t16-/m0/s1. The van der Waals surface area contributed by atoms with Crippen LogP contribution in [0, 0.1) is 19.8 Å². The fourth-order valence-electron chi connectivity index (χ4n) is 3.51.